The van der Waals surface area contributed by atoms with Crippen LogP contribution >= 0.6 is 0 Å². The average molecular weight is 178 g/mol. The van der Waals surface area contributed by atoms with Crippen LogP contribution in [-0.4, -0.2) is 6.29 Å². The number of aldehydes is 1. The molecule has 0 aromatic heterocycles. The van der Waals surface area contributed by atoms with Crippen LogP contribution in [0.5, 0.6) is 0 Å². The van der Waals surface area contributed by atoms with Gasteiger partial charge in [-0.25, -0.2) is 0 Å². The molecule has 0 saturated carbocycles. The molecule has 1 rings (SSSR count). The summed E-state index contributed by atoms with van der Waals surface area (Å²) in [5.74, 6) is 0.560. The first-order valence-corrected chi connectivity index (χ1v) is 5.02. The van der Waals surface area contributed by atoms with E-state index in [4.69, 9.17) is 0 Å². The van der Waals surface area contributed by atoms with Crippen molar-refractivity contribution in [3.8, 4) is 0 Å². The first kappa shape index (κ1) is 10.2. The van der Waals surface area contributed by atoms with Gasteiger partial charge in [-0.3, -0.25) is 4.79 Å². The van der Waals surface area contributed by atoms with Crippen LogP contribution in [0.2, 0.25) is 0 Å². The van der Waals surface area contributed by atoms with E-state index in [0.29, 0.717) is 5.92 Å². The smallest absolute Gasteiger partial charge is 0.150 e. The molecule has 0 radical (unpaired) electrons. The van der Waals surface area contributed by atoms with Gasteiger partial charge in [0.05, 0.1) is 0 Å². The Balaban J connectivity index is 3.04. The van der Waals surface area contributed by atoms with E-state index in [0.717, 1.165) is 18.3 Å². The Morgan fingerprint density at radius 3 is 2.69 bits per heavy atom. The summed E-state index contributed by atoms with van der Waals surface area (Å²) in [6, 6.07) is 0. The molecule has 1 nitrogen and oxygen atoms in total. The fraction of sp³-hybridized carbons (Fsp3) is 0.583. The quantitative estimate of drug-likeness (QED) is 0.468. The van der Waals surface area contributed by atoms with Gasteiger partial charge in [-0.05, 0) is 44.6 Å². The van der Waals surface area contributed by atoms with E-state index in [1.54, 1.807) is 0 Å². The summed E-state index contributed by atoms with van der Waals surface area (Å²) < 4.78 is 0. The molecule has 72 valence electrons. The highest BCUT2D eigenvalue weighted by Crippen LogP contribution is 2.33. The van der Waals surface area contributed by atoms with Crippen molar-refractivity contribution in [3.63, 3.8) is 0 Å². The minimum Gasteiger partial charge on any atom is -0.298 e. The van der Waals surface area contributed by atoms with E-state index < -0.39 is 0 Å². The van der Waals surface area contributed by atoms with Gasteiger partial charge in [0.25, 0.3) is 0 Å². The van der Waals surface area contributed by atoms with Crippen molar-refractivity contribution in [1.29, 1.82) is 0 Å². The molecule has 0 bridgehead atoms. The normalized spacial score (nSPS) is 24.8. The van der Waals surface area contributed by atoms with Crippen molar-refractivity contribution >= 4 is 6.29 Å². The van der Waals surface area contributed by atoms with Crippen LogP contribution in [0, 0.1) is 5.92 Å². The van der Waals surface area contributed by atoms with Crippen LogP contribution in [-0.2, 0) is 4.79 Å². The van der Waals surface area contributed by atoms with Crippen LogP contribution in [0.4, 0.5) is 0 Å². The fourth-order valence-corrected chi connectivity index (χ4v) is 2.19. The average Bonchev–Trinajstić information content (AvgIpc) is 2.11. The van der Waals surface area contributed by atoms with Gasteiger partial charge in [0, 0.05) is 5.57 Å². The van der Waals surface area contributed by atoms with Gasteiger partial charge in [-0.1, -0.05) is 18.6 Å². The fourth-order valence-electron chi connectivity index (χ4n) is 2.19. The number of allylic oxidation sites excluding steroid dienone is 4. The Morgan fingerprint density at radius 2 is 2.23 bits per heavy atom. The van der Waals surface area contributed by atoms with E-state index in [2.05, 4.69) is 13.8 Å². The molecule has 0 saturated heterocycles. The lowest BCUT2D eigenvalue weighted by atomic mass is 9.81. The Hall–Kier alpha value is -0.850. The second kappa shape index (κ2) is 4.40. The van der Waals surface area contributed by atoms with Crippen molar-refractivity contribution in [2.75, 3.05) is 0 Å². The topological polar surface area (TPSA) is 17.1 Å². The molecule has 0 fully saturated rings. The molecule has 0 aromatic rings. The van der Waals surface area contributed by atoms with Crippen LogP contribution in [0.1, 0.15) is 40.0 Å². The highest BCUT2D eigenvalue weighted by Gasteiger charge is 2.19. The van der Waals surface area contributed by atoms with Crippen LogP contribution in [0.25, 0.3) is 0 Å². The van der Waals surface area contributed by atoms with E-state index in [-0.39, 0.29) is 0 Å². The lowest BCUT2D eigenvalue weighted by Crippen LogP contribution is -2.10. The molecule has 0 spiro atoms. The molecule has 0 amide bonds. The maximum absolute atomic E-state index is 10.8. The lowest BCUT2D eigenvalue weighted by Gasteiger charge is -2.24. The van der Waals surface area contributed by atoms with Gasteiger partial charge in [-0.2, -0.15) is 0 Å². The van der Waals surface area contributed by atoms with Crippen molar-refractivity contribution in [2.45, 2.75) is 40.0 Å². The Bertz CT molecular complexity index is 258. The third kappa shape index (κ3) is 2.09. The molecular formula is C12H18O. The summed E-state index contributed by atoms with van der Waals surface area (Å²) >= 11 is 0. The zero-order valence-corrected chi connectivity index (χ0v) is 8.76. The number of hydrogen-bond acceptors (Lipinski definition) is 1. The molecular weight excluding hydrogens is 160 g/mol. The van der Waals surface area contributed by atoms with Crippen molar-refractivity contribution in [1.82, 2.24) is 0 Å². The first-order valence-electron chi connectivity index (χ1n) is 5.02. The van der Waals surface area contributed by atoms with Crippen LogP contribution in [0.3, 0.4) is 0 Å². The summed E-state index contributed by atoms with van der Waals surface area (Å²) in [6.07, 6.45) is 6.56. The highest BCUT2D eigenvalue weighted by molar-refractivity contribution is 5.80. The summed E-state index contributed by atoms with van der Waals surface area (Å²) in [7, 11) is 0. The van der Waals surface area contributed by atoms with Crippen LogP contribution in [0.15, 0.2) is 22.8 Å². The minimum atomic E-state index is 0.560. The number of hydrogen-bond donors (Lipinski definition) is 0. The lowest BCUT2D eigenvalue weighted by molar-refractivity contribution is -0.104. The van der Waals surface area contributed by atoms with E-state index in [1.165, 1.54) is 24.0 Å². The molecule has 1 aliphatic rings. The van der Waals surface area contributed by atoms with Gasteiger partial charge in [0.15, 0.2) is 0 Å². The molecule has 13 heavy (non-hydrogen) atoms. The molecule has 0 aromatic carbocycles. The second-order valence-electron chi connectivity index (χ2n) is 3.85. The van der Waals surface area contributed by atoms with Crippen molar-refractivity contribution in [3.05, 3.63) is 22.8 Å². The SMILES string of the molecule is CC=C(C=O)C1=C(C)CCCC1C. The minimum absolute atomic E-state index is 0.560. The van der Waals surface area contributed by atoms with Crippen molar-refractivity contribution in [2.24, 2.45) is 5.92 Å². The highest BCUT2D eigenvalue weighted by atomic mass is 16.1. The largest absolute Gasteiger partial charge is 0.298 e. The van der Waals surface area contributed by atoms with Crippen LogP contribution < -0.4 is 0 Å². The molecule has 1 heteroatoms. The molecule has 0 heterocycles. The number of carbonyl (C=O) groups excluding carboxylic acids is 1. The maximum Gasteiger partial charge on any atom is 0.150 e. The van der Waals surface area contributed by atoms with Gasteiger partial charge in [-0.15, -0.1) is 0 Å². The van der Waals surface area contributed by atoms with E-state index in [1.807, 2.05) is 13.0 Å². The third-order valence-electron chi connectivity index (χ3n) is 2.89. The van der Waals surface area contributed by atoms with E-state index >= 15 is 0 Å². The van der Waals surface area contributed by atoms with Gasteiger partial charge >= 0.3 is 0 Å². The zero-order chi connectivity index (χ0) is 9.84. The van der Waals surface area contributed by atoms with Gasteiger partial charge < -0.3 is 0 Å². The summed E-state index contributed by atoms with van der Waals surface area (Å²) in [6.45, 7) is 6.30. The monoisotopic (exact) mass is 178 g/mol. The van der Waals surface area contributed by atoms with Gasteiger partial charge in [0.1, 0.15) is 6.29 Å². The standard InChI is InChI=1S/C12H18O/c1-4-11(8-13)12-9(2)6-5-7-10(12)3/h4,8-9H,5-7H2,1-3H3. The predicted octanol–water partition coefficient (Wildman–Crippen LogP) is 3.27. The predicted molar refractivity (Wildman–Crippen MR) is 55.5 cm³/mol. The maximum atomic E-state index is 10.8. The Kier molecular flexibility index (Phi) is 3.47. The number of rotatable bonds is 2. The summed E-state index contributed by atoms with van der Waals surface area (Å²) in [5, 5.41) is 0. The van der Waals surface area contributed by atoms with Gasteiger partial charge in [0.2, 0.25) is 0 Å². The second-order valence-corrected chi connectivity index (χ2v) is 3.85. The summed E-state index contributed by atoms with van der Waals surface area (Å²) in [5.41, 5.74) is 3.59. The zero-order valence-electron chi connectivity index (χ0n) is 8.76. The molecule has 1 atom stereocenters. The number of carbonyl (C=O) groups is 1. The first-order chi connectivity index (χ1) is 6.20. The summed E-state index contributed by atoms with van der Waals surface area (Å²) in [4.78, 5) is 10.8. The van der Waals surface area contributed by atoms with E-state index in [9.17, 15) is 4.79 Å². The molecule has 0 N–H and O–H groups in total. The molecule has 1 unspecified atom stereocenters. The molecule has 0 aliphatic heterocycles. The Morgan fingerprint density at radius 1 is 1.54 bits per heavy atom. The third-order valence-corrected chi connectivity index (χ3v) is 2.89. The Labute approximate surface area is 80.5 Å². The molecule has 1 aliphatic carbocycles. The van der Waals surface area contributed by atoms with Crippen molar-refractivity contribution < 1.29 is 4.79 Å².